The highest BCUT2D eigenvalue weighted by Crippen LogP contribution is 2.25. The second-order valence-corrected chi connectivity index (χ2v) is 3.94. The normalized spacial score (nSPS) is 9.35. The quantitative estimate of drug-likeness (QED) is 0.845. The topological polar surface area (TPSA) is 66.0 Å². The molecule has 0 aliphatic heterocycles. The van der Waals surface area contributed by atoms with E-state index in [1.54, 1.807) is 30.3 Å². The Kier molecular flexibility index (Phi) is 4.21. The van der Waals surface area contributed by atoms with E-state index < -0.39 is 0 Å². The molecule has 0 bridgehead atoms. The van der Waals surface area contributed by atoms with E-state index in [1.807, 2.05) is 31.2 Å². The van der Waals surface area contributed by atoms with Crippen LogP contribution in [0.3, 0.4) is 0 Å². The molecular weight excluding hydrogens is 252 g/mol. The summed E-state index contributed by atoms with van der Waals surface area (Å²) < 4.78 is 11.0. The van der Waals surface area contributed by atoms with Gasteiger partial charge in [-0.25, -0.2) is 0 Å². The van der Waals surface area contributed by atoms with Crippen LogP contribution in [0.2, 0.25) is 0 Å². The predicted octanol–water partition coefficient (Wildman–Crippen LogP) is 3.62. The first kappa shape index (κ1) is 13.5. The van der Waals surface area contributed by atoms with Crippen LogP contribution < -0.4 is 9.47 Å². The molecule has 2 aromatic rings. The number of rotatable bonds is 4. The van der Waals surface area contributed by atoms with Crippen molar-refractivity contribution < 1.29 is 9.47 Å². The lowest BCUT2D eigenvalue weighted by Crippen LogP contribution is -1.91. The molecule has 4 heteroatoms. The molecule has 0 saturated heterocycles. The molecule has 0 atom stereocenters. The molecule has 2 rings (SSSR count). The van der Waals surface area contributed by atoms with Crippen LogP contribution in [0.1, 0.15) is 18.1 Å². The molecule has 0 unspecified atom stereocenters. The van der Waals surface area contributed by atoms with Gasteiger partial charge in [-0.15, -0.1) is 0 Å². The lowest BCUT2D eigenvalue weighted by molar-refractivity contribution is 0.339. The van der Waals surface area contributed by atoms with Crippen LogP contribution in [0.5, 0.6) is 17.2 Å². The molecule has 0 radical (unpaired) electrons. The van der Waals surface area contributed by atoms with Gasteiger partial charge in [-0.3, -0.25) is 0 Å². The number of hydrogen-bond acceptors (Lipinski definition) is 4. The first-order valence-corrected chi connectivity index (χ1v) is 6.11. The molecular formula is C16H12N2O2. The summed E-state index contributed by atoms with van der Waals surface area (Å²) in [5.41, 5.74) is 0.641. The van der Waals surface area contributed by atoms with Crippen molar-refractivity contribution in [1.29, 1.82) is 10.5 Å². The molecule has 0 N–H and O–H groups in total. The first-order chi connectivity index (χ1) is 9.76. The van der Waals surface area contributed by atoms with Crippen LogP contribution in [-0.4, -0.2) is 6.61 Å². The van der Waals surface area contributed by atoms with Gasteiger partial charge in [0.1, 0.15) is 29.4 Å². The minimum Gasteiger partial charge on any atom is -0.494 e. The van der Waals surface area contributed by atoms with Crippen LogP contribution in [0.25, 0.3) is 0 Å². The van der Waals surface area contributed by atoms with Gasteiger partial charge in [-0.05, 0) is 49.4 Å². The molecule has 0 heterocycles. The number of nitriles is 2. The SMILES string of the molecule is CCOc1ccc(Oc2ccc(C#N)c(C#N)c2)cc1. The van der Waals surface area contributed by atoms with Crippen LogP contribution >= 0.6 is 0 Å². The molecule has 2 aromatic carbocycles. The van der Waals surface area contributed by atoms with Crippen LogP contribution in [0, 0.1) is 22.7 Å². The van der Waals surface area contributed by atoms with Crippen molar-refractivity contribution in [2.24, 2.45) is 0 Å². The van der Waals surface area contributed by atoms with Gasteiger partial charge in [0, 0.05) is 0 Å². The fourth-order valence-corrected chi connectivity index (χ4v) is 1.68. The van der Waals surface area contributed by atoms with Crippen molar-refractivity contribution in [3.05, 3.63) is 53.6 Å². The van der Waals surface area contributed by atoms with Gasteiger partial charge >= 0.3 is 0 Å². The Bertz CT molecular complexity index is 679. The molecule has 20 heavy (non-hydrogen) atoms. The second-order valence-electron chi connectivity index (χ2n) is 3.94. The summed E-state index contributed by atoms with van der Waals surface area (Å²) >= 11 is 0. The van der Waals surface area contributed by atoms with E-state index in [2.05, 4.69) is 0 Å². The Hall–Kier alpha value is -2.98. The Morgan fingerprint density at radius 3 is 2.05 bits per heavy atom. The van der Waals surface area contributed by atoms with E-state index in [0.29, 0.717) is 29.2 Å². The van der Waals surface area contributed by atoms with Crippen LogP contribution in [0.4, 0.5) is 0 Å². The van der Waals surface area contributed by atoms with Gasteiger partial charge in [0.15, 0.2) is 0 Å². The maximum Gasteiger partial charge on any atom is 0.128 e. The molecule has 0 amide bonds. The highest BCUT2D eigenvalue weighted by atomic mass is 16.5. The highest BCUT2D eigenvalue weighted by Gasteiger charge is 2.04. The maximum absolute atomic E-state index is 8.96. The zero-order valence-corrected chi connectivity index (χ0v) is 11.0. The predicted molar refractivity (Wildman–Crippen MR) is 73.6 cm³/mol. The van der Waals surface area contributed by atoms with Crippen LogP contribution in [-0.2, 0) is 0 Å². The summed E-state index contributed by atoms with van der Waals surface area (Å²) in [6.45, 7) is 2.53. The lowest BCUT2D eigenvalue weighted by atomic mass is 10.1. The summed E-state index contributed by atoms with van der Waals surface area (Å²) in [7, 11) is 0. The summed E-state index contributed by atoms with van der Waals surface area (Å²) in [5.74, 6) is 1.93. The van der Waals surface area contributed by atoms with Crippen LogP contribution in [0.15, 0.2) is 42.5 Å². The standard InChI is InChI=1S/C16H12N2O2/c1-2-19-14-5-7-15(8-6-14)20-16-4-3-12(10-17)13(9-16)11-18/h3-9H,2H2,1H3. The van der Waals surface area contributed by atoms with Gasteiger partial charge in [0.05, 0.1) is 17.7 Å². The first-order valence-electron chi connectivity index (χ1n) is 6.11. The van der Waals surface area contributed by atoms with Crippen molar-refractivity contribution in [2.45, 2.75) is 6.92 Å². The fourth-order valence-electron chi connectivity index (χ4n) is 1.68. The Morgan fingerprint density at radius 2 is 1.45 bits per heavy atom. The zero-order chi connectivity index (χ0) is 14.4. The summed E-state index contributed by atoms with van der Waals surface area (Å²) in [6.07, 6.45) is 0. The number of benzene rings is 2. The summed E-state index contributed by atoms with van der Waals surface area (Å²) in [6, 6.07) is 15.9. The van der Waals surface area contributed by atoms with Crippen molar-refractivity contribution in [2.75, 3.05) is 6.61 Å². The van der Waals surface area contributed by atoms with Gasteiger partial charge < -0.3 is 9.47 Å². The highest BCUT2D eigenvalue weighted by molar-refractivity contribution is 5.50. The third kappa shape index (κ3) is 3.07. The van der Waals surface area contributed by atoms with Crippen molar-refractivity contribution in [1.82, 2.24) is 0 Å². The van der Waals surface area contributed by atoms with E-state index >= 15 is 0 Å². The molecule has 0 spiro atoms. The Labute approximate surface area is 117 Å². The molecule has 0 saturated carbocycles. The molecule has 98 valence electrons. The molecule has 0 aliphatic carbocycles. The minimum absolute atomic E-state index is 0.302. The number of ether oxygens (including phenoxy) is 2. The van der Waals surface area contributed by atoms with E-state index in [-0.39, 0.29) is 0 Å². The maximum atomic E-state index is 8.96. The van der Waals surface area contributed by atoms with E-state index in [4.69, 9.17) is 20.0 Å². The van der Waals surface area contributed by atoms with Gasteiger partial charge in [0.2, 0.25) is 0 Å². The average molecular weight is 264 g/mol. The Balaban J connectivity index is 2.18. The van der Waals surface area contributed by atoms with Crippen molar-refractivity contribution in [3.8, 4) is 29.4 Å². The smallest absolute Gasteiger partial charge is 0.128 e. The van der Waals surface area contributed by atoms with Gasteiger partial charge in [-0.2, -0.15) is 10.5 Å². The van der Waals surface area contributed by atoms with Gasteiger partial charge in [0.25, 0.3) is 0 Å². The second kappa shape index (κ2) is 6.26. The average Bonchev–Trinajstić information content (AvgIpc) is 2.49. The zero-order valence-electron chi connectivity index (χ0n) is 11.0. The number of hydrogen-bond donors (Lipinski definition) is 0. The minimum atomic E-state index is 0.302. The fraction of sp³-hybridized carbons (Fsp3) is 0.125. The molecule has 0 aromatic heterocycles. The molecule has 0 fully saturated rings. The van der Waals surface area contributed by atoms with Gasteiger partial charge in [-0.1, -0.05) is 0 Å². The van der Waals surface area contributed by atoms with E-state index in [1.165, 1.54) is 0 Å². The third-order valence-electron chi connectivity index (χ3n) is 2.60. The monoisotopic (exact) mass is 264 g/mol. The molecule has 0 aliphatic rings. The largest absolute Gasteiger partial charge is 0.494 e. The third-order valence-corrected chi connectivity index (χ3v) is 2.60. The number of nitrogens with zero attached hydrogens (tertiary/aromatic N) is 2. The summed E-state index contributed by atoms with van der Waals surface area (Å²) in [5, 5.41) is 17.8. The lowest BCUT2D eigenvalue weighted by Gasteiger charge is -2.08. The van der Waals surface area contributed by atoms with E-state index in [0.717, 1.165) is 5.75 Å². The molecule has 4 nitrogen and oxygen atoms in total. The van der Waals surface area contributed by atoms with Crippen molar-refractivity contribution in [3.63, 3.8) is 0 Å². The van der Waals surface area contributed by atoms with Crippen molar-refractivity contribution >= 4 is 0 Å². The summed E-state index contributed by atoms with van der Waals surface area (Å²) in [4.78, 5) is 0. The Morgan fingerprint density at radius 1 is 0.850 bits per heavy atom. The van der Waals surface area contributed by atoms with E-state index in [9.17, 15) is 0 Å².